The summed E-state index contributed by atoms with van der Waals surface area (Å²) in [6.45, 7) is 1.22. The van der Waals surface area contributed by atoms with Crippen molar-refractivity contribution < 1.29 is 14.3 Å². The lowest BCUT2D eigenvalue weighted by Gasteiger charge is -2.27. The predicted molar refractivity (Wildman–Crippen MR) is 121 cm³/mol. The van der Waals surface area contributed by atoms with E-state index in [1.54, 1.807) is 7.11 Å². The molecule has 2 aromatic carbocycles. The summed E-state index contributed by atoms with van der Waals surface area (Å²) in [5.74, 6) is 0.0220. The fraction of sp³-hybridized carbons (Fsp3) is 0.440. The van der Waals surface area contributed by atoms with Crippen LogP contribution < -0.4 is 10.6 Å². The third-order valence-corrected chi connectivity index (χ3v) is 6.20. The molecule has 1 aliphatic heterocycles. The topological polar surface area (TPSA) is 70.7 Å². The Kier molecular flexibility index (Phi) is 6.87. The number of hydrogen-bond acceptors (Lipinski definition) is 4. The highest BCUT2D eigenvalue weighted by Gasteiger charge is 2.36. The molecule has 0 aromatic heterocycles. The van der Waals surface area contributed by atoms with E-state index in [1.807, 2.05) is 53.4 Å². The molecule has 0 unspecified atom stereocenters. The second kappa shape index (κ2) is 9.96. The second-order valence-corrected chi connectivity index (χ2v) is 8.36. The van der Waals surface area contributed by atoms with E-state index in [4.69, 9.17) is 4.74 Å². The molecule has 2 amide bonds. The molecule has 0 bridgehead atoms. The third kappa shape index (κ3) is 4.90. The van der Waals surface area contributed by atoms with Crippen LogP contribution in [-0.4, -0.2) is 43.0 Å². The number of rotatable bonds is 8. The first-order valence-electron chi connectivity index (χ1n) is 11.2. The molecule has 164 valence electrons. The molecule has 0 saturated heterocycles. The van der Waals surface area contributed by atoms with Gasteiger partial charge in [0.1, 0.15) is 6.17 Å². The number of methoxy groups -OCH3 is 1. The molecule has 2 aliphatic rings. The molecule has 0 spiro atoms. The SMILES string of the molecule is COCCCN1C(=O)c2ccccc2[C@@H]1Nc1ccc(C(=O)NC2CCCCC2)cc1. The van der Waals surface area contributed by atoms with Crippen molar-refractivity contribution >= 4 is 17.5 Å². The number of ether oxygens (including phenoxy) is 1. The second-order valence-electron chi connectivity index (χ2n) is 8.36. The molecule has 6 heteroatoms. The van der Waals surface area contributed by atoms with Gasteiger partial charge in [-0.2, -0.15) is 0 Å². The minimum atomic E-state index is -0.234. The fourth-order valence-electron chi connectivity index (χ4n) is 4.53. The lowest BCUT2D eigenvalue weighted by atomic mass is 9.95. The van der Waals surface area contributed by atoms with Gasteiger partial charge in [-0.1, -0.05) is 37.5 Å². The van der Waals surface area contributed by atoms with Gasteiger partial charge in [0, 0.05) is 48.7 Å². The van der Waals surface area contributed by atoms with Crippen molar-refractivity contribution in [1.29, 1.82) is 0 Å². The molecule has 1 fully saturated rings. The summed E-state index contributed by atoms with van der Waals surface area (Å²) in [6, 6.07) is 15.5. The molecule has 2 aromatic rings. The molecule has 2 N–H and O–H groups in total. The molecule has 1 atom stereocenters. The lowest BCUT2D eigenvalue weighted by Crippen LogP contribution is -2.36. The van der Waals surface area contributed by atoms with Gasteiger partial charge in [0.05, 0.1) is 0 Å². The number of nitrogens with one attached hydrogen (secondary N) is 2. The third-order valence-electron chi connectivity index (χ3n) is 6.20. The molecule has 1 aliphatic carbocycles. The normalized spacial score (nSPS) is 18.7. The zero-order valence-electron chi connectivity index (χ0n) is 18.1. The molecular weight excluding hydrogens is 390 g/mol. The van der Waals surface area contributed by atoms with Crippen molar-refractivity contribution in [3.05, 3.63) is 65.2 Å². The highest BCUT2D eigenvalue weighted by Crippen LogP contribution is 2.34. The molecule has 6 nitrogen and oxygen atoms in total. The van der Waals surface area contributed by atoms with Crippen LogP contribution in [0, 0.1) is 0 Å². The van der Waals surface area contributed by atoms with Gasteiger partial charge in [-0.15, -0.1) is 0 Å². The first-order valence-corrected chi connectivity index (χ1v) is 11.2. The van der Waals surface area contributed by atoms with Crippen molar-refractivity contribution in [2.45, 2.75) is 50.7 Å². The van der Waals surface area contributed by atoms with Crippen LogP contribution in [0.1, 0.15) is 71.0 Å². The Labute approximate surface area is 184 Å². The van der Waals surface area contributed by atoms with Gasteiger partial charge in [0.15, 0.2) is 0 Å². The van der Waals surface area contributed by atoms with E-state index in [0.717, 1.165) is 36.1 Å². The minimum absolute atomic E-state index is 0.0129. The maximum absolute atomic E-state index is 12.9. The number of benzene rings is 2. The van der Waals surface area contributed by atoms with E-state index in [0.29, 0.717) is 24.8 Å². The van der Waals surface area contributed by atoms with Crippen molar-refractivity contribution in [3.63, 3.8) is 0 Å². The van der Waals surface area contributed by atoms with Gasteiger partial charge in [0.25, 0.3) is 11.8 Å². The van der Waals surface area contributed by atoms with Gasteiger partial charge in [-0.25, -0.2) is 0 Å². The Balaban J connectivity index is 1.45. The highest BCUT2D eigenvalue weighted by molar-refractivity contribution is 5.99. The first kappa shape index (κ1) is 21.4. The Morgan fingerprint density at radius 3 is 2.55 bits per heavy atom. The highest BCUT2D eigenvalue weighted by atomic mass is 16.5. The number of hydrogen-bond donors (Lipinski definition) is 2. The van der Waals surface area contributed by atoms with Crippen LogP contribution in [0.2, 0.25) is 0 Å². The van der Waals surface area contributed by atoms with E-state index in [1.165, 1.54) is 19.3 Å². The summed E-state index contributed by atoms with van der Waals surface area (Å²) in [7, 11) is 1.67. The number of carbonyl (C=O) groups is 2. The maximum atomic E-state index is 12.9. The number of anilines is 1. The summed E-state index contributed by atoms with van der Waals surface area (Å²) in [4.78, 5) is 27.3. The quantitative estimate of drug-likeness (QED) is 0.622. The lowest BCUT2D eigenvalue weighted by molar-refractivity contribution is 0.0721. The zero-order valence-corrected chi connectivity index (χ0v) is 18.1. The van der Waals surface area contributed by atoms with Gasteiger partial charge in [-0.3, -0.25) is 9.59 Å². The predicted octanol–water partition coefficient (Wildman–Crippen LogP) is 4.35. The van der Waals surface area contributed by atoms with Crippen molar-refractivity contribution in [2.24, 2.45) is 0 Å². The fourth-order valence-corrected chi connectivity index (χ4v) is 4.53. The molecule has 1 heterocycles. The summed E-state index contributed by atoms with van der Waals surface area (Å²) < 4.78 is 5.16. The van der Waals surface area contributed by atoms with Gasteiger partial charge >= 0.3 is 0 Å². The van der Waals surface area contributed by atoms with Gasteiger partial charge < -0.3 is 20.3 Å². The molecular formula is C25H31N3O3. The maximum Gasteiger partial charge on any atom is 0.256 e. The minimum Gasteiger partial charge on any atom is -0.385 e. The molecule has 1 saturated carbocycles. The van der Waals surface area contributed by atoms with Gasteiger partial charge in [-0.05, 0) is 49.6 Å². The smallest absolute Gasteiger partial charge is 0.256 e. The summed E-state index contributed by atoms with van der Waals surface area (Å²) in [5.41, 5.74) is 3.25. The number of carbonyl (C=O) groups excluding carboxylic acids is 2. The van der Waals surface area contributed by atoms with E-state index < -0.39 is 0 Å². The average Bonchev–Trinajstić information content (AvgIpc) is 3.06. The van der Waals surface area contributed by atoms with Crippen LogP contribution in [0.15, 0.2) is 48.5 Å². The van der Waals surface area contributed by atoms with E-state index in [2.05, 4.69) is 10.6 Å². The van der Waals surface area contributed by atoms with Crippen LogP contribution >= 0.6 is 0 Å². The number of nitrogens with zero attached hydrogens (tertiary/aromatic N) is 1. The molecule has 0 radical (unpaired) electrons. The summed E-state index contributed by atoms with van der Waals surface area (Å²) in [6.07, 6.45) is 6.32. The van der Waals surface area contributed by atoms with Crippen LogP contribution in [0.4, 0.5) is 5.69 Å². The zero-order chi connectivity index (χ0) is 21.6. The molecule has 31 heavy (non-hydrogen) atoms. The van der Waals surface area contributed by atoms with Crippen molar-refractivity contribution in [3.8, 4) is 0 Å². The Morgan fingerprint density at radius 1 is 1.06 bits per heavy atom. The summed E-state index contributed by atoms with van der Waals surface area (Å²) >= 11 is 0. The Bertz CT molecular complexity index is 906. The standard InChI is InChI=1S/C25H31N3O3/c1-31-17-7-16-28-23(21-10-5-6-11-22(21)25(28)30)26-20-14-12-18(13-15-20)24(29)27-19-8-3-2-4-9-19/h5-6,10-15,19,23,26H,2-4,7-9,16-17H2,1H3,(H,27,29)/t23-/m1/s1. The van der Waals surface area contributed by atoms with Crippen LogP contribution in [0.25, 0.3) is 0 Å². The van der Waals surface area contributed by atoms with Crippen LogP contribution in [0.5, 0.6) is 0 Å². The Hall–Kier alpha value is -2.86. The van der Waals surface area contributed by atoms with Crippen LogP contribution in [0.3, 0.4) is 0 Å². The molecule has 4 rings (SSSR count). The van der Waals surface area contributed by atoms with Crippen molar-refractivity contribution in [2.75, 3.05) is 25.6 Å². The van der Waals surface area contributed by atoms with E-state index in [-0.39, 0.29) is 18.0 Å². The number of amides is 2. The first-order chi connectivity index (χ1) is 15.2. The monoisotopic (exact) mass is 421 g/mol. The van der Waals surface area contributed by atoms with Crippen LogP contribution in [-0.2, 0) is 4.74 Å². The van der Waals surface area contributed by atoms with Crippen molar-refractivity contribution in [1.82, 2.24) is 10.2 Å². The largest absolute Gasteiger partial charge is 0.385 e. The summed E-state index contributed by atoms with van der Waals surface area (Å²) in [5, 5.41) is 6.64. The van der Waals surface area contributed by atoms with Gasteiger partial charge in [0.2, 0.25) is 0 Å². The average molecular weight is 422 g/mol. The van der Waals surface area contributed by atoms with E-state index in [9.17, 15) is 9.59 Å². The number of fused-ring (bicyclic) bond motifs is 1. The van der Waals surface area contributed by atoms with E-state index >= 15 is 0 Å². The Morgan fingerprint density at radius 2 is 1.81 bits per heavy atom.